The second kappa shape index (κ2) is 9.92. The maximum Gasteiger partial charge on any atom is 0.320 e. The first-order chi connectivity index (χ1) is 12.9. The number of hydrogen-bond acceptors (Lipinski definition) is 4. The molecule has 0 saturated carbocycles. The van der Waals surface area contributed by atoms with E-state index in [-0.39, 0.29) is 11.7 Å². The Kier molecular flexibility index (Phi) is 7.61. The zero-order valence-corrected chi connectivity index (χ0v) is 15.9. The first kappa shape index (κ1) is 20.7. The van der Waals surface area contributed by atoms with Crippen LogP contribution in [0, 0.1) is 11.7 Å². The maximum atomic E-state index is 13.0. The average Bonchev–Trinajstić information content (AvgIpc) is 2.64. The lowest BCUT2D eigenvalue weighted by atomic mass is 10.0. The molecule has 0 aliphatic heterocycles. The van der Waals surface area contributed by atoms with E-state index in [0.717, 1.165) is 11.1 Å². The fraction of sp³-hybridized carbons (Fsp3) is 0.381. The van der Waals surface area contributed by atoms with Gasteiger partial charge < -0.3 is 19.9 Å². The van der Waals surface area contributed by atoms with Crippen LogP contribution in [0.5, 0.6) is 11.5 Å². The smallest absolute Gasteiger partial charge is 0.320 e. The molecule has 0 fully saturated rings. The summed E-state index contributed by atoms with van der Waals surface area (Å²) in [6, 6.07) is 11.0. The molecule has 0 amide bonds. The molecule has 0 radical (unpaired) electrons. The van der Waals surface area contributed by atoms with E-state index in [4.69, 9.17) is 9.47 Å². The third-order valence-electron chi connectivity index (χ3n) is 4.09. The Morgan fingerprint density at radius 3 is 2.37 bits per heavy atom. The Bertz CT molecular complexity index is 746. The van der Waals surface area contributed by atoms with Crippen LogP contribution in [-0.4, -0.2) is 24.2 Å². The average molecular weight is 375 g/mol. The summed E-state index contributed by atoms with van der Waals surface area (Å²) < 4.78 is 24.1. The summed E-state index contributed by atoms with van der Waals surface area (Å²) in [5, 5.41) is 12.4. The van der Waals surface area contributed by atoms with Crippen molar-refractivity contribution in [2.24, 2.45) is 5.92 Å². The minimum Gasteiger partial charge on any atom is -0.493 e. The standard InChI is InChI=1S/C21H26FNO4/c1-14(2)10-18(21(24)25)23-12-16-6-9-19(20(11-16)26-3)27-13-15-4-7-17(22)8-5-15/h4-9,11,14,18,23H,10,12-13H2,1-3H3,(H,24,25). The molecule has 0 spiro atoms. The lowest BCUT2D eigenvalue weighted by molar-refractivity contribution is -0.140. The van der Waals surface area contributed by atoms with Gasteiger partial charge in [0.1, 0.15) is 18.5 Å². The van der Waals surface area contributed by atoms with Crippen molar-refractivity contribution >= 4 is 5.97 Å². The molecule has 1 atom stereocenters. The SMILES string of the molecule is COc1cc(CNC(CC(C)C)C(=O)O)ccc1OCc1ccc(F)cc1. The van der Waals surface area contributed by atoms with Gasteiger partial charge in [0, 0.05) is 6.54 Å². The zero-order chi connectivity index (χ0) is 19.8. The van der Waals surface area contributed by atoms with Crippen LogP contribution in [0.3, 0.4) is 0 Å². The van der Waals surface area contributed by atoms with E-state index in [1.54, 1.807) is 25.3 Å². The summed E-state index contributed by atoms with van der Waals surface area (Å²) in [5.74, 6) is 0.283. The number of carboxylic acid groups (broad SMARTS) is 1. The van der Waals surface area contributed by atoms with Crippen LogP contribution in [0.1, 0.15) is 31.4 Å². The van der Waals surface area contributed by atoms with Gasteiger partial charge in [-0.3, -0.25) is 4.79 Å². The summed E-state index contributed by atoms with van der Waals surface area (Å²) >= 11 is 0. The molecule has 5 nitrogen and oxygen atoms in total. The second-order valence-corrected chi connectivity index (χ2v) is 6.80. The zero-order valence-electron chi connectivity index (χ0n) is 15.9. The van der Waals surface area contributed by atoms with Gasteiger partial charge in [0.2, 0.25) is 0 Å². The number of methoxy groups -OCH3 is 1. The van der Waals surface area contributed by atoms with Crippen molar-refractivity contribution in [1.29, 1.82) is 0 Å². The van der Waals surface area contributed by atoms with E-state index in [9.17, 15) is 14.3 Å². The van der Waals surface area contributed by atoms with Gasteiger partial charge in [0.05, 0.1) is 7.11 Å². The van der Waals surface area contributed by atoms with Gasteiger partial charge in [0.25, 0.3) is 0 Å². The molecule has 6 heteroatoms. The number of aliphatic carboxylic acids is 1. The van der Waals surface area contributed by atoms with Crippen molar-refractivity contribution in [2.75, 3.05) is 7.11 Å². The molecule has 2 aromatic rings. The lowest BCUT2D eigenvalue weighted by Gasteiger charge is -2.17. The highest BCUT2D eigenvalue weighted by molar-refractivity contribution is 5.73. The quantitative estimate of drug-likeness (QED) is 0.657. The summed E-state index contributed by atoms with van der Waals surface area (Å²) in [7, 11) is 1.55. The molecule has 0 aromatic heterocycles. The third kappa shape index (κ3) is 6.57. The monoisotopic (exact) mass is 375 g/mol. The van der Waals surface area contributed by atoms with E-state index < -0.39 is 12.0 Å². The van der Waals surface area contributed by atoms with E-state index in [1.165, 1.54) is 12.1 Å². The number of ether oxygens (including phenoxy) is 2. The van der Waals surface area contributed by atoms with Crippen LogP contribution in [0.4, 0.5) is 4.39 Å². The van der Waals surface area contributed by atoms with E-state index in [0.29, 0.717) is 31.1 Å². The van der Waals surface area contributed by atoms with E-state index in [2.05, 4.69) is 5.32 Å². The molecule has 0 aliphatic rings. The molecule has 2 rings (SSSR count). The molecule has 1 unspecified atom stereocenters. The normalized spacial score (nSPS) is 12.0. The highest BCUT2D eigenvalue weighted by atomic mass is 19.1. The minimum atomic E-state index is -0.852. The molecular formula is C21H26FNO4. The number of carbonyl (C=O) groups is 1. The number of halogens is 1. The van der Waals surface area contributed by atoms with E-state index in [1.807, 2.05) is 26.0 Å². The molecule has 146 valence electrons. The Labute approximate surface area is 159 Å². The van der Waals surface area contributed by atoms with Gasteiger partial charge in [-0.2, -0.15) is 0 Å². The van der Waals surface area contributed by atoms with Crippen LogP contribution >= 0.6 is 0 Å². The molecule has 0 heterocycles. The molecule has 0 bridgehead atoms. The van der Waals surface area contributed by atoms with Gasteiger partial charge in [0.15, 0.2) is 11.5 Å². The molecule has 0 saturated heterocycles. The van der Waals surface area contributed by atoms with Crippen LogP contribution in [-0.2, 0) is 17.9 Å². The van der Waals surface area contributed by atoms with Gasteiger partial charge in [-0.15, -0.1) is 0 Å². The molecule has 27 heavy (non-hydrogen) atoms. The van der Waals surface area contributed by atoms with Gasteiger partial charge in [-0.1, -0.05) is 32.0 Å². The van der Waals surface area contributed by atoms with Gasteiger partial charge in [-0.25, -0.2) is 4.39 Å². The lowest BCUT2D eigenvalue weighted by Crippen LogP contribution is -2.37. The Morgan fingerprint density at radius 1 is 1.11 bits per heavy atom. The summed E-state index contributed by atoms with van der Waals surface area (Å²) in [5.41, 5.74) is 1.75. The van der Waals surface area contributed by atoms with Crippen molar-refractivity contribution < 1.29 is 23.8 Å². The fourth-order valence-corrected chi connectivity index (χ4v) is 2.67. The molecular weight excluding hydrogens is 349 g/mol. The van der Waals surface area contributed by atoms with Crippen molar-refractivity contribution in [3.8, 4) is 11.5 Å². The predicted octanol–water partition coefficient (Wildman–Crippen LogP) is 4.00. The van der Waals surface area contributed by atoms with E-state index >= 15 is 0 Å². The summed E-state index contributed by atoms with van der Waals surface area (Å²) in [6.07, 6.45) is 0.561. The molecule has 2 aromatic carbocycles. The van der Waals surface area contributed by atoms with Crippen LogP contribution in [0.15, 0.2) is 42.5 Å². The topological polar surface area (TPSA) is 67.8 Å². The number of nitrogens with one attached hydrogen (secondary N) is 1. The minimum absolute atomic E-state index is 0.287. The van der Waals surface area contributed by atoms with Crippen molar-refractivity contribution in [1.82, 2.24) is 5.32 Å². The summed E-state index contributed by atoms with van der Waals surface area (Å²) in [6.45, 7) is 4.70. The second-order valence-electron chi connectivity index (χ2n) is 6.80. The third-order valence-corrected chi connectivity index (χ3v) is 4.09. The molecule has 2 N–H and O–H groups in total. The van der Waals surface area contributed by atoms with Crippen LogP contribution in [0.25, 0.3) is 0 Å². The Morgan fingerprint density at radius 2 is 1.78 bits per heavy atom. The number of hydrogen-bond donors (Lipinski definition) is 2. The maximum absolute atomic E-state index is 13.0. The first-order valence-electron chi connectivity index (χ1n) is 8.89. The van der Waals surface area contributed by atoms with Gasteiger partial charge in [-0.05, 0) is 47.7 Å². The van der Waals surface area contributed by atoms with Crippen molar-refractivity contribution in [2.45, 2.75) is 39.5 Å². The highest BCUT2D eigenvalue weighted by Crippen LogP contribution is 2.29. The van der Waals surface area contributed by atoms with Gasteiger partial charge >= 0.3 is 5.97 Å². The number of rotatable bonds is 10. The Hall–Kier alpha value is -2.60. The van der Waals surface area contributed by atoms with Crippen molar-refractivity contribution in [3.63, 3.8) is 0 Å². The fourth-order valence-electron chi connectivity index (χ4n) is 2.67. The predicted molar refractivity (Wildman–Crippen MR) is 101 cm³/mol. The number of benzene rings is 2. The summed E-state index contributed by atoms with van der Waals surface area (Å²) in [4.78, 5) is 11.3. The highest BCUT2D eigenvalue weighted by Gasteiger charge is 2.18. The molecule has 0 aliphatic carbocycles. The van der Waals surface area contributed by atoms with Crippen molar-refractivity contribution in [3.05, 3.63) is 59.4 Å². The number of carboxylic acids is 1. The van der Waals surface area contributed by atoms with Crippen LogP contribution < -0.4 is 14.8 Å². The van der Waals surface area contributed by atoms with Crippen LogP contribution in [0.2, 0.25) is 0 Å². The first-order valence-corrected chi connectivity index (χ1v) is 8.89. The largest absolute Gasteiger partial charge is 0.493 e. The Balaban J connectivity index is 2.00.